The lowest BCUT2D eigenvalue weighted by atomic mass is 10.1. The number of rotatable bonds is 5. The molecule has 2 rings (SSSR count). The van der Waals surface area contributed by atoms with Crippen LogP contribution < -0.4 is 16.0 Å². The van der Waals surface area contributed by atoms with Crippen molar-refractivity contribution in [3.05, 3.63) is 35.4 Å². The molecule has 1 aliphatic rings. The largest absolute Gasteiger partial charge is 0.357 e. The van der Waals surface area contributed by atoms with E-state index in [-0.39, 0.29) is 42.3 Å². The van der Waals surface area contributed by atoms with Crippen LogP contribution in [-0.4, -0.2) is 55.4 Å². The summed E-state index contributed by atoms with van der Waals surface area (Å²) in [6, 6.07) is 7.38. The van der Waals surface area contributed by atoms with Crippen molar-refractivity contribution < 1.29 is 9.59 Å². The highest BCUT2D eigenvalue weighted by Crippen LogP contribution is 2.09. The average molecular weight is 459 g/mol. The highest BCUT2D eigenvalue weighted by molar-refractivity contribution is 14.0. The molecule has 0 aromatic heterocycles. The number of nitrogens with one attached hydrogen (secondary N) is 3. The number of guanidine groups is 1. The van der Waals surface area contributed by atoms with Gasteiger partial charge in [-0.3, -0.25) is 9.59 Å². The number of hydrogen-bond donors (Lipinski definition) is 3. The third-order valence-electron chi connectivity index (χ3n) is 3.63. The Hall–Kier alpha value is -1.84. The molecule has 1 saturated heterocycles. The maximum atomic E-state index is 12.4. The van der Waals surface area contributed by atoms with E-state index in [1.165, 1.54) is 0 Å². The van der Waals surface area contributed by atoms with Gasteiger partial charge in [-0.2, -0.15) is 0 Å². The van der Waals surface area contributed by atoms with E-state index >= 15 is 0 Å². The quantitative estimate of drug-likeness (QED) is 0.348. The summed E-state index contributed by atoms with van der Waals surface area (Å²) in [6.07, 6.45) is 0. The predicted molar refractivity (Wildman–Crippen MR) is 109 cm³/mol. The Morgan fingerprint density at radius 1 is 1.20 bits per heavy atom. The Morgan fingerprint density at radius 2 is 1.84 bits per heavy atom. The van der Waals surface area contributed by atoms with Gasteiger partial charge in [-0.25, -0.2) is 4.99 Å². The average Bonchev–Trinajstić information content (AvgIpc) is 2.60. The van der Waals surface area contributed by atoms with E-state index < -0.39 is 0 Å². The van der Waals surface area contributed by atoms with Crippen molar-refractivity contribution in [2.24, 2.45) is 4.99 Å². The molecular weight excluding hydrogens is 433 g/mol. The molecule has 0 spiro atoms. The highest BCUT2D eigenvalue weighted by atomic mass is 127. The number of amides is 2. The molecule has 0 radical (unpaired) electrons. The minimum Gasteiger partial charge on any atom is -0.357 e. The van der Waals surface area contributed by atoms with Gasteiger partial charge in [-0.15, -0.1) is 24.0 Å². The van der Waals surface area contributed by atoms with Gasteiger partial charge >= 0.3 is 0 Å². The lowest BCUT2D eigenvalue weighted by molar-refractivity contribution is -0.123. The van der Waals surface area contributed by atoms with Gasteiger partial charge in [0.15, 0.2) is 5.96 Å². The first kappa shape index (κ1) is 21.2. The monoisotopic (exact) mass is 459 g/mol. The minimum absolute atomic E-state index is 0. The molecule has 8 heteroatoms. The Labute approximate surface area is 165 Å². The second-order valence-corrected chi connectivity index (χ2v) is 5.50. The molecule has 1 aromatic carbocycles. The molecule has 2 amide bonds. The van der Waals surface area contributed by atoms with Crippen LogP contribution in [0, 0.1) is 0 Å². The lowest BCUT2D eigenvalue weighted by Crippen LogP contribution is -2.49. The number of nitrogens with zero attached hydrogens (tertiary/aromatic N) is 2. The van der Waals surface area contributed by atoms with Gasteiger partial charge in [0.05, 0.1) is 13.1 Å². The third kappa shape index (κ3) is 6.52. The van der Waals surface area contributed by atoms with Crippen LogP contribution in [0.25, 0.3) is 0 Å². The standard InChI is InChI=1S/C17H25N5O2.HI/c1-3-18-17(19-4-2)21-11-13-5-7-14(8-6-13)16(24)22-10-9-20-15(23)12-22;/h5-8H,3-4,9-12H2,1-2H3,(H,20,23)(H2,18,19,21);1H. The first-order valence-electron chi connectivity index (χ1n) is 8.31. The minimum atomic E-state index is -0.111. The van der Waals surface area contributed by atoms with Crippen molar-refractivity contribution in [2.45, 2.75) is 20.4 Å². The first-order chi connectivity index (χ1) is 11.6. The number of hydrogen-bond acceptors (Lipinski definition) is 3. The van der Waals surface area contributed by atoms with Crippen molar-refractivity contribution in [1.82, 2.24) is 20.9 Å². The molecule has 25 heavy (non-hydrogen) atoms. The molecule has 1 fully saturated rings. The number of aliphatic imine (C=N–C) groups is 1. The smallest absolute Gasteiger partial charge is 0.254 e. The molecule has 0 atom stereocenters. The Morgan fingerprint density at radius 3 is 2.40 bits per heavy atom. The van der Waals surface area contributed by atoms with Crippen LogP contribution in [0.1, 0.15) is 29.8 Å². The first-order valence-corrected chi connectivity index (χ1v) is 8.31. The summed E-state index contributed by atoms with van der Waals surface area (Å²) in [5, 5.41) is 9.06. The second-order valence-electron chi connectivity index (χ2n) is 5.50. The zero-order valence-corrected chi connectivity index (χ0v) is 17.0. The van der Waals surface area contributed by atoms with Crippen molar-refractivity contribution in [1.29, 1.82) is 0 Å². The van der Waals surface area contributed by atoms with E-state index in [1.54, 1.807) is 17.0 Å². The normalized spacial score (nSPS) is 13.4. The van der Waals surface area contributed by atoms with Crippen LogP contribution in [0.5, 0.6) is 0 Å². The van der Waals surface area contributed by atoms with Gasteiger partial charge in [-0.1, -0.05) is 12.1 Å². The van der Waals surface area contributed by atoms with Gasteiger partial charge in [0.1, 0.15) is 0 Å². The molecular formula is C17H26IN5O2. The van der Waals surface area contributed by atoms with Crippen molar-refractivity contribution >= 4 is 41.8 Å². The molecule has 0 unspecified atom stereocenters. The zero-order valence-electron chi connectivity index (χ0n) is 14.7. The van der Waals surface area contributed by atoms with Crippen LogP contribution in [0.3, 0.4) is 0 Å². The van der Waals surface area contributed by atoms with E-state index in [4.69, 9.17) is 0 Å². The molecule has 3 N–H and O–H groups in total. The molecule has 1 heterocycles. The number of piperazine rings is 1. The molecule has 7 nitrogen and oxygen atoms in total. The van der Waals surface area contributed by atoms with Gasteiger partial charge in [0, 0.05) is 31.7 Å². The molecule has 1 aliphatic heterocycles. The van der Waals surface area contributed by atoms with Gasteiger partial charge in [0.25, 0.3) is 5.91 Å². The highest BCUT2D eigenvalue weighted by Gasteiger charge is 2.21. The van der Waals surface area contributed by atoms with Gasteiger partial charge < -0.3 is 20.9 Å². The topological polar surface area (TPSA) is 85.8 Å². The van der Waals surface area contributed by atoms with Crippen LogP contribution in [0.2, 0.25) is 0 Å². The van der Waals surface area contributed by atoms with Crippen LogP contribution >= 0.6 is 24.0 Å². The van der Waals surface area contributed by atoms with Crippen LogP contribution in [0.4, 0.5) is 0 Å². The fourth-order valence-electron chi connectivity index (χ4n) is 2.43. The summed E-state index contributed by atoms with van der Waals surface area (Å²) in [7, 11) is 0. The maximum Gasteiger partial charge on any atom is 0.254 e. The molecule has 0 bridgehead atoms. The zero-order chi connectivity index (χ0) is 17.4. The van der Waals surface area contributed by atoms with Gasteiger partial charge in [0.2, 0.25) is 5.91 Å². The second kappa shape index (κ2) is 10.9. The number of benzene rings is 1. The predicted octanol–water partition coefficient (Wildman–Crippen LogP) is 0.952. The van der Waals surface area contributed by atoms with Crippen LogP contribution in [-0.2, 0) is 11.3 Å². The lowest BCUT2D eigenvalue weighted by Gasteiger charge is -2.26. The maximum absolute atomic E-state index is 12.4. The fraction of sp³-hybridized carbons (Fsp3) is 0.471. The van der Waals surface area contributed by atoms with Gasteiger partial charge in [-0.05, 0) is 31.5 Å². The summed E-state index contributed by atoms with van der Waals surface area (Å²) >= 11 is 0. The summed E-state index contributed by atoms with van der Waals surface area (Å²) in [4.78, 5) is 29.8. The van der Waals surface area contributed by atoms with E-state index in [9.17, 15) is 9.59 Å². The Balaban J connectivity index is 0.00000312. The summed E-state index contributed by atoms with van der Waals surface area (Å²) in [5.74, 6) is 0.556. The number of carbonyl (C=O) groups is 2. The van der Waals surface area contributed by atoms with Crippen molar-refractivity contribution in [2.75, 3.05) is 32.7 Å². The number of carbonyl (C=O) groups excluding carboxylic acids is 2. The van der Waals surface area contributed by atoms with E-state index in [0.717, 1.165) is 24.6 Å². The molecule has 1 aromatic rings. The fourth-order valence-corrected chi connectivity index (χ4v) is 2.43. The summed E-state index contributed by atoms with van der Waals surface area (Å²) in [6.45, 7) is 7.38. The van der Waals surface area contributed by atoms with E-state index in [2.05, 4.69) is 20.9 Å². The van der Waals surface area contributed by atoms with E-state index in [1.807, 2.05) is 26.0 Å². The van der Waals surface area contributed by atoms with E-state index in [0.29, 0.717) is 25.2 Å². The Kier molecular flexibility index (Phi) is 9.25. The van der Waals surface area contributed by atoms with Crippen molar-refractivity contribution in [3.8, 4) is 0 Å². The Bertz CT molecular complexity index is 596. The third-order valence-corrected chi connectivity index (χ3v) is 3.63. The van der Waals surface area contributed by atoms with Crippen LogP contribution in [0.15, 0.2) is 29.3 Å². The summed E-state index contributed by atoms with van der Waals surface area (Å²) in [5.41, 5.74) is 1.62. The molecule has 0 saturated carbocycles. The number of halogens is 1. The molecule has 0 aliphatic carbocycles. The summed E-state index contributed by atoms with van der Waals surface area (Å²) < 4.78 is 0. The molecule has 138 valence electrons. The van der Waals surface area contributed by atoms with Crippen molar-refractivity contribution in [3.63, 3.8) is 0 Å². The SMILES string of the molecule is CCNC(=NCc1ccc(C(=O)N2CCNC(=O)C2)cc1)NCC.I.